The number of hydrogen-bond donors (Lipinski definition) is 1. The van der Waals surface area contributed by atoms with Gasteiger partial charge < -0.3 is 15.4 Å². The maximum atomic E-state index is 12.7. The monoisotopic (exact) mass is 352 g/mol. The molecule has 2 heterocycles. The van der Waals surface area contributed by atoms with Crippen LogP contribution in [0.15, 0.2) is 28.7 Å². The van der Waals surface area contributed by atoms with Crippen LogP contribution < -0.4 is 5.73 Å². The van der Waals surface area contributed by atoms with Gasteiger partial charge in [-0.1, -0.05) is 28.1 Å². The van der Waals surface area contributed by atoms with E-state index in [0.717, 1.165) is 36.7 Å². The topological polar surface area (TPSA) is 55.6 Å². The van der Waals surface area contributed by atoms with E-state index in [4.69, 9.17) is 10.5 Å². The Balaban J connectivity index is 1.72. The molecule has 3 atom stereocenters. The molecular formula is C16H21BrN2O2. The van der Waals surface area contributed by atoms with Crippen molar-refractivity contribution in [2.24, 2.45) is 5.73 Å². The predicted octanol–water partition coefficient (Wildman–Crippen LogP) is 2.62. The maximum absolute atomic E-state index is 12.7. The average molecular weight is 353 g/mol. The van der Waals surface area contributed by atoms with Gasteiger partial charge in [0.1, 0.15) is 6.10 Å². The van der Waals surface area contributed by atoms with Gasteiger partial charge in [-0.3, -0.25) is 4.79 Å². The normalized spacial score (nSPS) is 29.0. The summed E-state index contributed by atoms with van der Waals surface area (Å²) in [5.41, 5.74) is 6.83. The number of ether oxygens (including phenoxy) is 1. The van der Waals surface area contributed by atoms with E-state index in [9.17, 15) is 4.79 Å². The molecule has 0 aromatic heterocycles. The highest BCUT2D eigenvalue weighted by molar-refractivity contribution is 9.10. The molecule has 114 valence electrons. The number of likely N-dealkylation sites (tertiary alicyclic amines) is 1. The first-order valence-corrected chi connectivity index (χ1v) is 8.40. The molecule has 1 aromatic carbocycles. The summed E-state index contributed by atoms with van der Waals surface area (Å²) in [6.07, 6.45) is 3.52. The molecule has 2 saturated heterocycles. The maximum Gasteiger partial charge on any atom is 0.252 e. The minimum absolute atomic E-state index is 0.0488. The van der Waals surface area contributed by atoms with Gasteiger partial charge in [0.05, 0.1) is 12.1 Å². The van der Waals surface area contributed by atoms with Crippen LogP contribution in [0.5, 0.6) is 0 Å². The lowest BCUT2D eigenvalue weighted by molar-refractivity contribution is -0.143. The molecule has 3 rings (SSSR count). The van der Waals surface area contributed by atoms with Gasteiger partial charge in [-0.2, -0.15) is 0 Å². The Morgan fingerprint density at radius 3 is 2.71 bits per heavy atom. The molecule has 0 spiro atoms. The van der Waals surface area contributed by atoms with E-state index in [0.29, 0.717) is 6.54 Å². The second-order valence-electron chi connectivity index (χ2n) is 5.80. The summed E-state index contributed by atoms with van der Waals surface area (Å²) in [4.78, 5) is 14.7. The van der Waals surface area contributed by atoms with Crippen molar-refractivity contribution in [1.82, 2.24) is 4.90 Å². The summed E-state index contributed by atoms with van der Waals surface area (Å²) in [6, 6.07) is 8.45. The lowest BCUT2D eigenvalue weighted by atomic mass is 10.0. The molecule has 1 amide bonds. The van der Waals surface area contributed by atoms with Crippen molar-refractivity contribution in [2.75, 3.05) is 13.1 Å². The van der Waals surface area contributed by atoms with Crippen LogP contribution in [-0.2, 0) is 9.53 Å². The number of carbonyl (C=O) groups excluding carboxylic acids is 1. The molecular weight excluding hydrogens is 332 g/mol. The highest BCUT2D eigenvalue weighted by Crippen LogP contribution is 2.34. The van der Waals surface area contributed by atoms with E-state index in [1.807, 2.05) is 17.0 Å². The first kappa shape index (κ1) is 15.0. The first-order valence-electron chi connectivity index (χ1n) is 7.60. The zero-order chi connectivity index (χ0) is 14.8. The minimum Gasteiger partial charge on any atom is -0.364 e. The third kappa shape index (κ3) is 3.15. The van der Waals surface area contributed by atoms with E-state index >= 15 is 0 Å². The SMILES string of the molecule is NC[C@H]1CC[C@@H](C(=O)N2CCCC2c2ccc(Br)cc2)O1. The second-order valence-corrected chi connectivity index (χ2v) is 6.72. The van der Waals surface area contributed by atoms with Crippen LogP contribution in [0.25, 0.3) is 0 Å². The molecule has 0 saturated carbocycles. The standard InChI is InChI=1S/C16H21BrN2O2/c17-12-5-3-11(4-6-12)14-2-1-9-19(14)16(20)15-8-7-13(10-18)21-15/h3-6,13-15H,1-2,7-10,18H2/t13-,14?,15+/m1/s1. The molecule has 2 fully saturated rings. The van der Waals surface area contributed by atoms with Gasteiger partial charge in [0.25, 0.3) is 5.91 Å². The van der Waals surface area contributed by atoms with Crippen LogP contribution in [0.3, 0.4) is 0 Å². The van der Waals surface area contributed by atoms with E-state index in [-0.39, 0.29) is 24.2 Å². The number of carbonyl (C=O) groups is 1. The van der Waals surface area contributed by atoms with Gasteiger partial charge in [0.15, 0.2) is 0 Å². The average Bonchev–Trinajstić information content (AvgIpc) is 3.16. The highest BCUT2D eigenvalue weighted by Gasteiger charge is 2.37. The molecule has 21 heavy (non-hydrogen) atoms. The number of rotatable bonds is 3. The van der Waals surface area contributed by atoms with Gasteiger partial charge in [0.2, 0.25) is 0 Å². The number of amides is 1. The van der Waals surface area contributed by atoms with Crippen molar-refractivity contribution in [3.05, 3.63) is 34.3 Å². The predicted molar refractivity (Wildman–Crippen MR) is 84.8 cm³/mol. The number of nitrogens with two attached hydrogens (primary N) is 1. The van der Waals surface area contributed by atoms with E-state index in [2.05, 4.69) is 28.1 Å². The number of nitrogens with zero attached hydrogens (tertiary/aromatic N) is 1. The summed E-state index contributed by atoms with van der Waals surface area (Å²) in [7, 11) is 0. The number of benzene rings is 1. The smallest absolute Gasteiger partial charge is 0.252 e. The van der Waals surface area contributed by atoms with Gasteiger partial charge >= 0.3 is 0 Å². The Labute approximate surface area is 133 Å². The largest absolute Gasteiger partial charge is 0.364 e. The van der Waals surface area contributed by atoms with Gasteiger partial charge in [0, 0.05) is 17.6 Å². The Kier molecular flexibility index (Phi) is 4.62. The number of halogens is 1. The molecule has 0 radical (unpaired) electrons. The molecule has 2 aliphatic rings. The van der Waals surface area contributed by atoms with Crippen molar-refractivity contribution in [3.8, 4) is 0 Å². The van der Waals surface area contributed by atoms with Crippen molar-refractivity contribution >= 4 is 21.8 Å². The van der Waals surface area contributed by atoms with Crippen molar-refractivity contribution in [3.63, 3.8) is 0 Å². The van der Waals surface area contributed by atoms with Crippen LogP contribution in [0.4, 0.5) is 0 Å². The zero-order valence-electron chi connectivity index (χ0n) is 12.0. The highest BCUT2D eigenvalue weighted by atomic mass is 79.9. The molecule has 2 N–H and O–H groups in total. The fraction of sp³-hybridized carbons (Fsp3) is 0.562. The van der Waals surface area contributed by atoms with Crippen molar-refractivity contribution in [1.29, 1.82) is 0 Å². The number of hydrogen-bond acceptors (Lipinski definition) is 3. The van der Waals surface area contributed by atoms with Crippen molar-refractivity contribution < 1.29 is 9.53 Å². The Bertz CT molecular complexity index is 506. The lowest BCUT2D eigenvalue weighted by Gasteiger charge is -2.27. The molecule has 5 heteroatoms. The van der Waals surface area contributed by atoms with Crippen molar-refractivity contribution in [2.45, 2.75) is 43.9 Å². The second kappa shape index (κ2) is 6.46. The van der Waals surface area contributed by atoms with Gasteiger partial charge in [-0.25, -0.2) is 0 Å². The quantitative estimate of drug-likeness (QED) is 0.909. The fourth-order valence-corrected chi connectivity index (χ4v) is 3.57. The Hall–Kier alpha value is -0.910. The molecule has 0 aliphatic carbocycles. The first-order chi connectivity index (χ1) is 10.2. The summed E-state index contributed by atoms with van der Waals surface area (Å²) in [5.74, 6) is 0.136. The van der Waals surface area contributed by atoms with Crippen LogP contribution in [-0.4, -0.2) is 36.1 Å². The van der Waals surface area contributed by atoms with Crippen LogP contribution in [0.1, 0.15) is 37.3 Å². The summed E-state index contributed by atoms with van der Waals surface area (Å²) < 4.78 is 6.83. The fourth-order valence-electron chi connectivity index (χ4n) is 3.31. The van der Waals surface area contributed by atoms with E-state index in [1.54, 1.807) is 0 Å². The summed E-state index contributed by atoms with van der Waals surface area (Å²) >= 11 is 3.45. The van der Waals surface area contributed by atoms with Crippen LogP contribution in [0.2, 0.25) is 0 Å². The van der Waals surface area contributed by atoms with Crippen LogP contribution >= 0.6 is 15.9 Å². The Morgan fingerprint density at radius 2 is 2.05 bits per heavy atom. The molecule has 1 aromatic rings. The van der Waals surface area contributed by atoms with Gasteiger partial charge in [-0.15, -0.1) is 0 Å². The lowest BCUT2D eigenvalue weighted by Crippen LogP contribution is -2.39. The minimum atomic E-state index is -0.297. The molecule has 1 unspecified atom stereocenters. The molecule has 2 aliphatic heterocycles. The van der Waals surface area contributed by atoms with E-state index < -0.39 is 0 Å². The Morgan fingerprint density at radius 1 is 1.29 bits per heavy atom. The zero-order valence-corrected chi connectivity index (χ0v) is 13.6. The van der Waals surface area contributed by atoms with E-state index in [1.165, 1.54) is 5.56 Å². The molecule has 4 nitrogen and oxygen atoms in total. The third-order valence-electron chi connectivity index (χ3n) is 4.44. The van der Waals surface area contributed by atoms with Gasteiger partial charge in [-0.05, 0) is 43.4 Å². The summed E-state index contributed by atoms with van der Waals surface area (Å²) in [6.45, 7) is 1.33. The third-order valence-corrected chi connectivity index (χ3v) is 4.97. The summed E-state index contributed by atoms with van der Waals surface area (Å²) in [5, 5.41) is 0. The molecule has 0 bridgehead atoms. The van der Waals surface area contributed by atoms with Crippen LogP contribution in [0, 0.1) is 0 Å².